The van der Waals surface area contributed by atoms with Crippen molar-refractivity contribution in [2.24, 2.45) is 5.92 Å². The molecule has 3 aromatic carbocycles. The summed E-state index contributed by atoms with van der Waals surface area (Å²) in [6.07, 6.45) is 2.53. The standard InChI is InChI=1S/C32H40N4O3S/c1-26-13-15-34(16-14-26)24-28-8-5-7-27(21-28)23-33-32(37)30-10-6-9-29(22-30)25-35-17-19-36(20-18-35)40(38,39)31-11-3-2-4-12-31/h2-12,21-22,26H,13-20,23-25H2,1H3,(H,33,37). The van der Waals surface area contributed by atoms with Crippen LogP contribution < -0.4 is 5.32 Å². The van der Waals surface area contributed by atoms with Gasteiger partial charge < -0.3 is 5.32 Å². The van der Waals surface area contributed by atoms with E-state index in [0.29, 0.717) is 49.7 Å². The number of benzene rings is 3. The molecule has 212 valence electrons. The third-order valence-corrected chi connectivity index (χ3v) is 9.95. The van der Waals surface area contributed by atoms with E-state index in [1.54, 1.807) is 28.6 Å². The summed E-state index contributed by atoms with van der Waals surface area (Å²) in [5.74, 6) is 0.737. The van der Waals surface area contributed by atoms with Crippen LogP contribution in [-0.4, -0.2) is 67.7 Å². The highest BCUT2D eigenvalue weighted by atomic mass is 32.2. The number of likely N-dealkylation sites (tertiary alicyclic amines) is 1. The molecule has 40 heavy (non-hydrogen) atoms. The molecular weight excluding hydrogens is 520 g/mol. The lowest BCUT2D eigenvalue weighted by atomic mass is 9.98. The largest absolute Gasteiger partial charge is 0.348 e. The molecule has 7 nitrogen and oxygen atoms in total. The Morgan fingerprint density at radius 1 is 0.750 bits per heavy atom. The van der Waals surface area contributed by atoms with Gasteiger partial charge in [-0.2, -0.15) is 4.31 Å². The molecule has 1 N–H and O–H groups in total. The minimum atomic E-state index is -3.47. The first-order valence-corrected chi connectivity index (χ1v) is 15.8. The van der Waals surface area contributed by atoms with Crippen molar-refractivity contribution in [3.63, 3.8) is 0 Å². The summed E-state index contributed by atoms with van der Waals surface area (Å²) in [5.41, 5.74) is 4.09. The molecule has 2 aliphatic heterocycles. The number of rotatable bonds is 9. The Balaban J connectivity index is 1.11. The second-order valence-electron chi connectivity index (χ2n) is 11.2. The van der Waals surface area contributed by atoms with E-state index in [1.807, 2.05) is 30.3 Å². The zero-order chi connectivity index (χ0) is 28.0. The summed E-state index contributed by atoms with van der Waals surface area (Å²) in [5, 5.41) is 3.08. The fraction of sp³-hybridized carbons (Fsp3) is 0.406. The predicted molar refractivity (Wildman–Crippen MR) is 158 cm³/mol. The number of sulfonamides is 1. The predicted octanol–water partition coefficient (Wildman–Crippen LogP) is 4.36. The molecule has 2 saturated heterocycles. The number of nitrogens with one attached hydrogen (secondary N) is 1. The van der Waals surface area contributed by atoms with E-state index in [1.165, 1.54) is 18.4 Å². The molecule has 0 spiro atoms. The maximum absolute atomic E-state index is 13.0. The van der Waals surface area contributed by atoms with Gasteiger partial charge in [0.1, 0.15) is 0 Å². The Morgan fingerprint density at radius 2 is 1.35 bits per heavy atom. The molecule has 0 unspecified atom stereocenters. The van der Waals surface area contributed by atoms with Crippen molar-refractivity contribution in [3.8, 4) is 0 Å². The van der Waals surface area contributed by atoms with Crippen molar-refractivity contribution in [2.75, 3.05) is 39.3 Å². The summed E-state index contributed by atoms with van der Waals surface area (Å²) >= 11 is 0. The monoisotopic (exact) mass is 560 g/mol. The summed E-state index contributed by atoms with van der Waals surface area (Å²) in [6, 6.07) is 24.8. The molecule has 0 atom stereocenters. The first-order chi connectivity index (χ1) is 19.4. The minimum absolute atomic E-state index is 0.0870. The summed E-state index contributed by atoms with van der Waals surface area (Å²) in [6.45, 7) is 8.97. The van der Waals surface area contributed by atoms with Gasteiger partial charge in [0.2, 0.25) is 10.0 Å². The van der Waals surface area contributed by atoms with E-state index < -0.39 is 10.0 Å². The van der Waals surface area contributed by atoms with Crippen LogP contribution in [0.15, 0.2) is 83.8 Å². The van der Waals surface area contributed by atoms with E-state index in [2.05, 4.69) is 46.3 Å². The molecule has 3 aromatic rings. The van der Waals surface area contributed by atoms with Gasteiger partial charge in [-0.1, -0.05) is 61.5 Å². The smallest absolute Gasteiger partial charge is 0.251 e. The van der Waals surface area contributed by atoms with Crippen LogP contribution >= 0.6 is 0 Å². The first kappa shape index (κ1) is 28.5. The maximum atomic E-state index is 13.0. The molecule has 2 heterocycles. The fourth-order valence-corrected chi connectivity index (χ4v) is 6.98. The van der Waals surface area contributed by atoms with Gasteiger partial charge >= 0.3 is 0 Å². The van der Waals surface area contributed by atoms with E-state index in [9.17, 15) is 13.2 Å². The molecule has 8 heteroatoms. The number of nitrogens with zero attached hydrogens (tertiary/aromatic N) is 3. The lowest BCUT2D eigenvalue weighted by Gasteiger charge is -2.34. The van der Waals surface area contributed by atoms with Crippen LogP contribution in [0.4, 0.5) is 0 Å². The second-order valence-corrected chi connectivity index (χ2v) is 13.1. The van der Waals surface area contributed by atoms with Crippen molar-refractivity contribution >= 4 is 15.9 Å². The van der Waals surface area contributed by atoms with Crippen LogP contribution in [0, 0.1) is 5.92 Å². The summed E-state index contributed by atoms with van der Waals surface area (Å²) in [7, 11) is -3.47. The highest BCUT2D eigenvalue weighted by Gasteiger charge is 2.28. The SMILES string of the molecule is CC1CCN(Cc2cccc(CNC(=O)c3cccc(CN4CCN(S(=O)(=O)c5ccccc5)CC4)c3)c2)CC1. The Kier molecular flexibility index (Phi) is 9.32. The lowest BCUT2D eigenvalue weighted by Crippen LogP contribution is -2.48. The number of carbonyl (C=O) groups excluding carboxylic acids is 1. The van der Waals surface area contributed by atoms with Gasteiger partial charge in [0, 0.05) is 51.4 Å². The quantitative estimate of drug-likeness (QED) is 0.421. The lowest BCUT2D eigenvalue weighted by molar-refractivity contribution is 0.0950. The maximum Gasteiger partial charge on any atom is 0.251 e. The van der Waals surface area contributed by atoms with Gasteiger partial charge in [0.05, 0.1) is 4.90 Å². The molecule has 2 fully saturated rings. The number of piperazine rings is 1. The Hall–Kier alpha value is -3.04. The Bertz CT molecular complexity index is 1380. The molecular formula is C32H40N4O3S. The third kappa shape index (κ3) is 7.37. The molecule has 0 saturated carbocycles. The zero-order valence-corrected chi connectivity index (χ0v) is 24.2. The van der Waals surface area contributed by atoms with E-state index in [0.717, 1.165) is 36.7 Å². The van der Waals surface area contributed by atoms with Gasteiger partial charge in [-0.05, 0) is 72.8 Å². The van der Waals surface area contributed by atoms with Crippen molar-refractivity contribution < 1.29 is 13.2 Å². The Labute approximate surface area is 238 Å². The number of hydrogen-bond donors (Lipinski definition) is 1. The highest BCUT2D eigenvalue weighted by molar-refractivity contribution is 7.89. The first-order valence-electron chi connectivity index (χ1n) is 14.3. The highest BCUT2D eigenvalue weighted by Crippen LogP contribution is 2.20. The van der Waals surface area contributed by atoms with Crippen molar-refractivity contribution in [2.45, 2.75) is 44.3 Å². The van der Waals surface area contributed by atoms with Gasteiger partial charge in [0.15, 0.2) is 0 Å². The molecule has 0 radical (unpaired) electrons. The molecule has 2 aliphatic rings. The molecule has 1 amide bonds. The average Bonchev–Trinajstić information content (AvgIpc) is 2.98. The van der Waals surface area contributed by atoms with Crippen LogP contribution in [0.3, 0.4) is 0 Å². The summed E-state index contributed by atoms with van der Waals surface area (Å²) in [4.78, 5) is 18.1. The summed E-state index contributed by atoms with van der Waals surface area (Å²) < 4.78 is 27.4. The molecule has 5 rings (SSSR count). The second kappa shape index (κ2) is 13.1. The van der Waals surface area contributed by atoms with E-state index in [4.69, 9.17) is 0 Å². The minimum Gasteiger partial charge on any atom is -0.348 e. The average molecular weight is 561 g/mol. The molecule has 0 aromatic heterocycles. The zero-order valence-electron chi connectivity index (χ0n) is 23.3. The van der Waals surface area contributed by atoms with Crippen molar-refractivity contribution in [3.05, 3.63) is 101 Å². The van der Waals surface area contributed by atoms with Crippen LogP contribution in [0.5, 0.6) is 0 Å². The van der Waals surface area contributed by atoms with Crippen LogP contribution in [0.25, 0.3) is 0 Å². The fourth-order valence-electron chi connectivity index (χ4n) is 5.54. The normalized spacial score (nSPS) is 18.0. The van der Waals surface area contributed by atoms with Gasteiger partial charge in [0.25, 0.3) is 5.91 Å². The van der Waals surface area contributed by atoms with Gasteiger partial charge in [-0.15, -0.1) is 0 Å². The number of amides is 1. The van der Waals surface area contributed by atoms with Gasteiger partial charge in [-0.25, -0.2) is 8.42 Å². The number of hydrogen-bond acceptors (Lipinski definition) is 5. The van der Waals surface area contributed by atoms with Crippen LogP contribution in [0.1, 0.15) is 46.8 Å². The molecule has 0 bridgehead atoms. The van der Waals surface area contributed by atoms with Gasteiger partial charge in [-0.3, -0.25) is 14.6 Å². The topological polar surface area (TPSA) is 73.0 Å². The van der Waals surface area contributed by atoms with Crippen LogP contribution in [0.2, 0.25) is 0 Å². The van der Waals surface area contributed by atoms with Crippen LogP contribution in [-0.2, 0) is 29.7 Å². The number of carbonyl (C=O) groups is 1. The number of piperidine rings is 1. The Morgan fingerprint density at radius 3 is 2.05 bits per heavy atom. The molecule has 0 aliphatic carbocycles. The third-order valence-electron chi connectivity index (χ3n) is 8.03. The van der Waals surface area contributed by atoms with E-state index >= 15 is 0 Å². The van der Waals surface area contributed by atoms with Crippen molar-refractivity contribution in [1.82, 2.24) is 19.4 Å². The van der Waals surface area contributed by atoms with E-state index in [-0.39, 0.29) is 5.91 Å². The van der Waals surface area contributed by atoms with Crippen molar-refractivity contribution in [1.29, 1.82) is 0 Å².